The van der Waals surface area contributed by atoms with Crippen LogP contribution in [0.5, 0.6) is 0 Å². The highest BCUT2D eigenvalue weighted by Crippen LogP contribution is 2.31. The molecule has 0 aliphatic heterocycles. The summed E-state index contributed by atoms with van der Waals surface area (Å²) in [6.45, 7) is 7.36. The third kappa shape index (κ3) is 2.50. The van der Waals surface area contributed by atoms with Gasteiger partial charge in [-0.1, -0.05) is 23.8 Å². The second-order valence-electron chi connectivity index (χ2n) is 5.99. The molecule has 0 saturated heterocycles. The van der Waals surface area contributed by atoms with Crippen LogP contribution in [-0.2, 0) is 13.6 Å². The predicted molar refractivity (Wildman–Crippen MR) is 82.7 cm³/mol. The maximum absolute atomic E-state index is 4.56. The lowest BCUT2D eigenvalue weighted by Crippen LogP contribution is -2.16. The van der Waals surface area contributed by atoms with Crippen LogP contribution in [0.1, 0.15) is 35.4 Å². The molecule has 1 fully saturated rings. The van der Waals surface area contributed by atoms with Crippen molar-refractivity contribution in [1.82, 2.24) is 15.1 Å². The molecule has 1 N–H and O–H groups in total. The molecule has 0 unspecified atom stereocenters. The average molecular weight is 269 g/mol. The van der Waals surface area contributed by atoms with Crippen molar-refractivity contribution in [3.8, 4) is 11.1 Å². The lowest BCUT2D eigenvalue weighted by molar-refractivity contribution is 0.688. The molecule has 1 saturated carbocycles. The van der Waals surface area contributed by atoms with Crippen molar-refractivity contribution in [2.75, 3.05) is 0 Å². The first kappa shape index (κ1) is 13.4. The monoisotopic (exact) mass is 269 g/mol. The van der Waals surface area contributed by atoms with Gasteiger partial charge in [0.15, 0.2) is 0 Å². The van der Waals surface area contributed by atoms with Gasteiger partial charge in [-0.15, -0.1) is 0 Å². The molecule has 0 spiro atoms. The summed E-state index contributed by atoms with van der Waals surface area (Å²) in [6.07, 6.45) is 2.65. The van der Waals surface area contributed by atoms with Crippen molar-refractivity contribution >= 4 is 0 Å². The second-order valence-corrected chi connectivity index (χ2v) is 5.99. The highest BCUT2D eigenvalue weighted by Gasteiger charge is 2.21. The first-order valence-electron chi connectivity index (χ1n) is 7.39. The Bertz CT molecular complexity index is 636. The van der Waals surface area contributed by atoms with E-state index in [1.54, 1.807) is 0 Å². The third-order valence-corrected chi connectivity index (χ3v) is 4.20. The number of nitrogens with zero attached hydrogens (tertiary/aromatic N) is 2. The maximum atomic E-state index is 4.56. The molecule has 106 valence electrons. The fourth-order valence-electron chi connectivity index (χ4n) is 2.78. The molecule has 3 nitrogen and oxygen atoms in total. The van der Waals surface area contributed by atoms with Crippen molar-refractivity contribution in [3.05, 3.63) is 40.7 Å². The molecule has 1 aliphatic carbocycles. The molecule has 2 aromatic rings. The van der Waals surface area contributed by atoms with Crippen LogP contribution in [0.2, 0.25) is 0 Å². The van der Waals surface area contributed by atoms with Gasteiger partial charge in [-0.25, -0.2) is 0 Å². The van der Waals surface area contributed by atoms with Gasteiger partial charge in [0.05, 0.1) is 5.69 Å². The van der Waals surface area contributed by atoms with E-state index in [4.69, 9.17) is 0 Å². The molecule has 0 amide bonds. The zero-order valence-electron chi connectivity index (χ0n) is 12.8. The number of aromatic nitrogens is 2. The lowest BCUT2D eigenvalue weighted by Gasteiger charge is -2.12. The van der Waals surface area contributed by atoms with Gasteiger partial charge in [0.1, 0.15) is 0 Å². The smallest absolute Gasteiger partial charge is 0.0674 e. The Hall–Kier alpha value is -1.61. The molecule has 1 aromatic heterocycles. The molecular weight excluding hydrogens is 246 g/mol. The number of hydrogen-bond donors (Lipinski definition) is 1. The molecule has 1 aromatic carbocycles. The van der Waals surface area contributed by atoms with Crippen LogP contribution in [0.3, 0.4) is 0 Å². The van der Waals surface area contributed by atoms with E-state index in [0.29, 0.717) is 0 Å². The van der Waals surface area contributed by atoms with Gasteiger partial charge in [-0.05, 0) is 44.7 Å². The molecule has 3 rings (SSSR count). The Morgan fingerprint density at radius 2 is 2.00 bits per heavy atom. The minimum absolute atomic E-state index is 0.736. The van der Waals surface area contributed by atoms with Crippen molar-refractivity contribution in [3.63, 3.8) is 0 Å². The maximum Gasteiger partial charge on any atom is 0.0674 e. The summed E-state index contributed by atoms with van der Waals surface area (Å²) < 4.78 is 1.98. The molecule has 0 atom stereocenters. The highest BCUT2D eigenvalue weighted by molar-refractivity contribution is 5.72. The first-order chi connectivity index (χ1) is 9.56. The summed E-state index contributed by atoms with van der Waals surface area (Å²) in [5.74, 6) is 0. The third-order valence-electron chi connectivity index (χ3n) is 4.20. The molecule has 0 radical (unpaired) electrons. The Balaban J connectivity index is 2.03. The largest absolute Gasteiger partial charge is 0.310 e. The molecule has 3 heteroatoms. The SMILES string of the molecule is Cc1ccc(CNC2CC2)c(-c2c(C)nn(C)c2C)c1. The van der Waals surface area contributed by atoms with E-state index in [0.717, 1.165) is 18.3 Å². The minimum Gasteiger partial charge on any atom is -0.310 e. The first-order valence-corrected chi connectivity index (χ1v) is 7.39. The summed E-state index contributed by atoms with van der Waals surface area (Å²) >= 11 is 0. The fraction of sp³-hybridized carbons (Fsp3) is 0.471. The van der Waals surface area contributed by atoms with Gasteiger partial charge < -0.3 is 5.32 Å². The van der Waals surface area contributed by atoms with E-state index in [1.165, 1.54) is 40.8 Å². The number of benzene rings is 1. The highest BCUT2D eigenvalue weighted by atomic mass is 15.3. The lowest BCUT2D eigenvalue weighted by atomic mass is 9.96. The van der Waals surface area contributed by atoms with Crippen LogP contribution in [0.4, 0.5) is 0 Å². The normalized spacial score (nSPS) is 14.8. The summed E-state index contributed by atoms with van der Waals surface area (Å²) in [4.78, 5) is 0. The Morgan fingerprint density at radius 3 is 2.60 bits per heavy atom. The van der Waals surface area contributed by atoms with Crippen molar-refractivity contribution in [2.24, 2.45) is 7.05 Å². The summed E-state index contributed by atoms with van der Waals surface area (Å²) in [6, 6.07) is 7.49. The predicted octanol–water partition coefficient (Wildman–Crippen LogP) is 3.26. The summed E-state index contributed by atoms with van der Waals surface area (Å²) in [5, 5.41) is 8.18. The summed E-state index contributed by atoms with van der Waals surface area (Å²) in [5.41, 5.74) is 7.66. The van der Waals surface area contributed by atoms with Crippen molar-refractivity contribution in [2.45, 2.75) is 46.2 Å². The zero-order chi connectivity index (χ0) is 14.3. The number of nitrogens with one attached hydrogen (secondary N) is 1. The van der Waals surface area contributed by atoms with E-state index in [2.05, 4.69) is 49.4 Å². The van der Waals surface area contributed by atoms with Gasteiger partial charge >= 0.3 is 0 Å². The summed E-state index contributed by atoms with van der Waals surface area (Å²) in [7, 11) is 2.02. The zero-order valence-corrected chi connectivity index (χ0v) is 12.8. The van der Waals surface area contributed by atoms with Crippen LogP contribution in [-0.4, -0.2) is 15.8 Å². The quantitative estimate of drug-likeness (QED) is 0.923. The second kappa shape index (κ2) is 5.06. The molecule has 20 heavy (non-hydrogen) atoms. The van der Waals surface area contributed by atoms with Crippen molar-refractivity contribution in [1.29, 1.82) is 0 Å². The van der Waals surface area contributed by atoms with Crippen LogP contribution in [0.15, 0.2) is 18.2 Å². The van der Waals surface area contributed by atoms with Crippen LogP contribution >= 0.6 is 0 Å². The van der Waals surface area contributed by atoms with E-state index in [-0.39, 0.29) is 0 Å². The molecule has 1 heterocycles. The van der Waals surface area contributed by atoms with E-state index in [1.807, 2.05) is 11.7 Å². The van der Waals surface area contributed by atoms with Gasteiger partial charge in [-0.3, -0.25) is 4.68 Å². The number of rotatable bonds is 4. The van der Waals surface area contributed by atoms with Crippen LogP contribution in [0.25, 0.3) is 11.1 Å². The molecule has 1 aliphatic rings. The van der Waals surface area contributed by atoms with Gasteiger partial charge in [0, 0.05) is 30.9 Å². The van der Waals surface area contributed by atoms with Crippen LogP contribution in [0, 0.1) is 20.8 Å². The standard InChI is InChI=1S/C17H23N3/c1-11-5-6-14(10-18-15-7-8-15)16(9-11)17-12(2)19-20(4)13(17)3/h5-6,9,15,18H,7-8,10H2,1-4H3. The van der Waals surface area contributed by atoms with E-state index in [9.17, 15) is 0 Å². The number of aryl methyl sites for hydroxylation is 3. The minimum atomic E-state index is 0.736. The van der Waals surface area contributed by atoms with Gasteiger partial charge in [0.2, 0.25) is 0 Å². The van der Waals surface area contributed by atoms with E-state index < -0.39 is 0 Å². The Morgan fingerprint density at radius 1 is 1.25 bits per heavy atom. The Labute approximate surface area is 121 Å². The van der Waals surface area contributed by atoms with Crippen LogP contribution < -0.4 is 5.32 Å². The molecule has 0 bridgehead atoms. The van der Waals surface area contributed by atoms with Crippen molar-refractivity contribution < 1.29 is 0 Å². The average Bonchev–Trinajstić information content (AvgIpc) is 3.17. The number of hydrogen-bond acceptors (Lipinski definition) is 2. The molecular formula is C17H23N3. The van der Waals surface area contributed by atoms with Gasteiger partial charge in [0.25, 0.3) is 0 Å². The van der Waals surface area contributed by atoms with Gasteiger partial charge in [-0.2, -0.15) is 5.10 Å². The topological polar surface area (TPSA) is 29.9 Å². The Kier molecular flexibility index (Phi) is 3.38. The fourth-order valence-corrected chi connectivity index (χ4v) is 2.78. The van der Waals surface area contributed by atoms with E-state index >= 15 is 0 Å².